The van der Waals surface area contributed by atoms with Crippen LogP contribution < -0.4 is 0 Å². The van der Waals surface area contributed by atoms with Gasteiger partial charge in [0.15, 0.2) is 0 Å². The Hall–Kier alpha value is -1.61. The van der Waals surface area contributed by atoms with Crippen molar-refractivity contribution >= 4 is 0 Å². The van der Waals surface area contributed by atoms with Crippen molar-refractivity contribution in [1.29, 1.82) is 0 Å². The quantitative estimate of drug-likeness (QED) is 0.901. The minimum atomic E-state index is -0.473. The number of aliphatic hydroxyl groups is 1. The molecule has 1 N–H and O–H groups in total. The van der Waals surface area contributed by atoms with Crippen molar-refractivity contribution in [1.82, 2.24) is 9.78 Å². The summed E-state index contributed by atoms with van der Waals surface area (Å²) in [6, 6.07) is 10.8. The summed E-state index contributed by atoms with van der Waals surface area (Å²) in [5.74, 6) is 0.767. The number of hydrogen-bond donors (Lipinski definition) is 1. The maximum atomic E-state index is 10.3. The van der Waals surface area contributed by atoms with Crippen LogP contribution in [0.1, 0.15) is 61.6 Å². The predicted octanol–water partition coefficient (Wildman–Crippen LogP) is 3.62. The topological polar surface area (TPSA) is 38.0 Å². The normalized spacial score (nSPS) is 16.6. The first kappa shape index (κ1) is 13.4. The molecule has 0 saturated heterocycles. The zero-order chi connectivity index (χ0) is 14.1. The fourth-order valence-electron chi connectivity index (χ4n) is 2.50. The lowest BCUT2D eigenvalue weighted by molar-refractivity contribution is 0.177. The molecule has 1 saturated carbocycles. The van der Waals surface area contributed by atoms with Crippen molar-refractivity contribution in [2.45, 2.75) is 51.2 Å². The maximum Gasteiger partial charge on any atom is 0.0846 e. The van der Waals surface area contributed by atoms with Gasteiger partial charge < -0.3 is 5.11 Å². The predicted molar refractivity (Wildman–Crippen MR) is 79.7 cm³/mol. The average molecular weight is 270 g/mol. The summed E-state index contributed by atoms with van der Waals surface area (Å²) in [6.07, 6.45) is 4.70. The lowest BCUT2D eigenvalue weighted by Gasteiger charge is -2.10. The first-order valence-corrected chi connectivity index (χ1v) is 7.45. The fraction of sp³-hybridized carbons (Fsp3) is 0.471. The lowest BCUT2D eigenvalue weighted by Crippen LogP contribution is -2.05. The zero-order valence-corrected chi connectivity index (χ0v) is 12.2. The molecule has 3 rings (SSSR count). The summed E-state index contributed by atoms with van der Waals surface area (Å²) >= 11 is 0. The van der Waals surface area contributed by atoms with Crippen molar-refractivity contribution in [2.75, 3.05) is 0 Å². The monoisotopic (exact) mass is 270 g/mol. The number of benzene rings is 1. The van der Waals surface area contributed by atoms with Gasteiger partial charge in [-0.15, -0.1) is 0 Å². The maximum absolute atomic E-state index is 10.3. The Morgan fingerprint density at radius 2 is 1.90 bits per heavy atom. The van der Waals surface area contributed by atoms with Crippen LogP contribution in [0.3, 0.4) is 0 Å². The molecule has 0 spiro atoms. The molecule has 1 aromatic carbocycles. The summed E-state index contributed by atoms with van der Waals surface area (Å²) in [5, 5.41) is 14.8. The van der Waals surface area contributed by atoms with Gasteiger partial charge in [-0.2, -0.15) is 5.10 Å². The van der Waals surface area contributed by atoms with E-state index >= 15 is 0 Å². The molecule has 1 aliphatic rings. The average Bonchev–Trinajstić information content (AvgIpc) is 3.19. The van der Waals surface area contributed by atoms with Gasteiger partial charge in [-0.25, -0.2) is 0 Å². The van der Waals surface area contributed by atoms with E-state index in [1.54, 1.807) is 0 Å². The molecule has 1 heterocycles. The molecule has 3 heteroatoms. The highest BCUT2D eigenvalue weighted by atomic mass is 16.3. The van der Waals surface area contributed by atoms with Gasteiger partial charge in [-0.3, -0.25) is 4.68 Å². The Morgan fingerprint density at radius 3 is 2.45 bits per heavy atom. The van der Waals surface area contributed by atoms with Crippen molar-refractivity contribution in [2.24, 2.45) is 0 Å². The minimum Gasteiger partial charge on any atom is -0.388 e. The Balaban J connectivity index is 1.66. The van der Waals surface area contributed by atoms with Gasteiger partial charge in [-0.1, -0.05) is 24.3 Å². The molecule has 0 radical (unpaired) electrons. The van der Waals surface area contributed by atoms with Crippen LogP contribution in [0.15, 0.2) is 36.5 Å². The van der Waals surface area contributed by atoms with E-state index in [0.717, 1.165) is 17.2 Å². The van der Waals surface area contributed by atoms with Crippen molar-refractivity contribution in [3.8, 4) is 0 Å². The Labute approximate surface area is 120 Å². The van der Waals surface area contributed by atoms with E-state index in [9.17, 15) is 5.11 Å². The smallest absolute Gasteiger partial charge is 0.0846 e. The molecule has 2 aromatic rings. The third-order valence-electron chi connectivity index (χ3n) is 3.97. The molecule has 1 atom stereocenters. The van der Waals surface area contributed by atoms with Gasteiger partial charge in [-0.05, 0) is 49.8 Å². The lowest BCUT2D eigenvalue weighted by atomic mass is 10.0. The van der Waals surface area contributed by atoms with Gasteiger partial charge in [0.25, 0.3) is 0 Å². The third kappa shape index (κ3) is 2.93. The van der Waals surface area contributed by atoms with E-state index in [-0.39, 0.29) is 0 Å². The summed E-state index contributed by atoms with van der Waals surface area (Å²) in [5.41, 5.74) is 3.33. The molecule has 3 nitrogen and oxygen atoms in total. The molecule has 1 aliphatic carbocycles. The second kappa shape index (κ2) is 5.41. The van der Waals surface area contributed by atoms with Crippen LogP contribution in [0.2, 0.25) is 0 Å². The molecule has 0 bridgehead atoms. The summed E-state index contributed by atoms with van der Waals surface area (Å²) in [4.78, 5) is 0. The standard InChI is InChI=1S/C17H22N2O/c1-12(2)19-10-9-16(18-19)11-17(20)15-7-5-14(6-8-15)13-3-4-13/h5-10,12-13,17,20H,3-4,11H2,1-2H3. The van der Waals surface area contributed by atoms with Gasteiger partial charge in [0, 0.05) is 18.7 Å². The number of aliphatic hydroxyl groups excluding tert-OH is 1. The molecule has 0 amide bonds. The van der Waals surface area contributed by atoms with Crippen molar-refractivity contribution in [3.05, 3.63) is 53.3 Å². The van der Waals surface area contributed by atoms with Crippen LogP contribution in [-0.4, -0.2) is 14.9 Å². The highest BCUT2D eigenvalue weighted by Crippen LogP contribution is 2.40. The number of nitrogens with zero attached hydrogens (tertiary/aromatic N) is 2. The second-order valence-corrected chi connectivity index (χ2v) is 6.04. The van der Waals surface area contributed by atoms with Crippen molar-refractivity contribution < 1.29 is 5.11 Å². The van der Waals surface area contributed by atoms with Gasteiger partial charge in [0.1, 0.15) is 0 Å². The van der Waals surface area contributed by atoms with E-state index in [0.29, 0.717) is 12.5 Å². The van der Waals surface area contributed by atoms with Crippen LogP contribution in [0.5, 0.6) is 0 Å². The van der Waals surface area contributed by atoms with Crippen LogP contribution in [-0.2, 0) is 6.42 Å². The van der Waals surface area contributed by atoms with E-state index in [4.69, 9.17) is 0 Å². The number of hydrogen-bond acceptors (Lipinski definition) is 2. The van der Waals surface area contributed by atoms with E-state index < -0.39 is 6.10 Å². The Kier molecular flexibility index (Phi) is 3.62. The summed E-state index contributed by atoms with van der Waals surface area (Å²) < 4.78 is 1.93. The van der Waals surface area contributed by atoms with Crippen molar-refractivity contribution in [3.63, 3.8) is 0 Å². The van der Waals surface area contributed by atoms with Gasteiger partial charge >= 0.3 is 0 Å². The highest BCUT2D eigenvalue weighted by Gasteiger charge is 2.23. The number of rotatable bonds is 5. The number of aromatic nitrogens is 2. The molecule has 1 fully saturated rings. The fourth-order valence-corrected chi connectivity index (χ4v) is 2.50. The third-order valence-corrected chi connectivity index (χ3v) is 3.97. The molecule has 1 aromatic heterocycles. The van der Waals surface area contributed by atoms with Gasteiger partial charge in [0.2, 0.25) is 0 Å². The first-order valence-electron chi connectivity index (χ1n) is 7.45. The highest BCUT2D eigenvalue weighted by molar-refractivity contribution is 5.29. The zero-order valence-electron chi connectivity index (χ0n) is 12.2. The SMILES string of the molecule is CC(C)n1ccc(CC(O)c2ccc(C3CC3)cc2)n1. The van der Waals surface area contributed by atoms with E-state index in [2.05, 4.69) is 43.2 Å². The van der Waals surface area contributed by atoms with Gasteiger partial charge in [0.05, 0.1) is 11.8 Å². The van der Waals surface area contributed by atoms with E-state index in [1.807, 2.05) is 16.9 Å². The molecular weight excluding hydrogens is 248 g/mol. The molecule has 20 heavy (non-hydrogen) atoms. The van der Waals surface area contributed by atoms with Crippen LogP contribution in [0, 0.1) is 0 Å². The molecule has 0 aliphatic heterocycles. The van der Waals surface area contributed by atoms with E-state index in [1.165, 1.54) is 18.4 Å². The Morgan fingerprint density at radius 1 is 1.20 bits per heavy atom. The largest absolute Gasteiger partial charge is 0.388 e. The minimum absolute atomic E-state index is 0.360. The summed E-state index contributed by atoms with van der Waals surface area (Å²) in [6.45, 7) is 4.20. The van der Waals surface area contributed by atoms with Crippen LogP contribution in [0.25, 0.3) is 0 Å². The molecule has 106 valence electrons. The van der Waals surface area contributed by atoms with Crippen LogP contribution >= 0.6 is 0 Å². The second-order valence-electron chi connectivity index (χ2n) is 6.04. The molecular formula is C17H22N2O. The van der Waals surface area contributed by atoms with Crippen LogP contribution in [0.4, 0.5) is 0 Å². The summed E-state index contributed by atoms with van der Waals surface area (Å²) in [7, 11) is 0. The molecule has 1 unspecified atom stereocenters. The first-order chi connectivity index (χ1) is 9.63. The Bertz CT molecular complexity index is 567.